The molecule has 0 amide bonds. The first-order valence-corrected chi connectivity index (χ1v) is 7.57. The van der Waals surface area contributed by atoms with Crippen molar-refractivity contribution >= 4 is 0 Å². The van der Waals surface area contributed by atoms with Gasteiger partial charge in [-0.05, 0) is 52.1 Å². The Morgan fingerprint density at radius 3 is 2.06 bits per heavy atom. The number of nitrogens with one attached hydrogen (secondary N) is 1. The lowest BCUT2D eigenvalue weighted by atomic mass is 9.80. The van der Waals surface area contributed by atoms with Crippen LogP contribution in [0.4, 0.5) is 0 Å². The van der Waals surface area contributed by atoms with Gasteiger partial charge in [-0.1, -0.05) is 6.92 Å². The Balaban J connectivity index is 1.79. The Bertz CT molecular complexity index is 255. The van der Waals surface area contributed by atoms with Gasteiger partial charge in [0.15, 0.2) is 0 Å². The molecule has 2 aliphatic heterocycles. The second kappa shape index (κ2) is 5.48. The largest absolute Gasteiger partial charge is 0.317 e. The Morgan fingerprint density at radius 1 is 1.00 bits per heavy atom. The van der Waals surface area contributed by atoms with Crippen molar-refractivity contribution in [2.24, 2.45) is 5.41 Å². The van der Waals surface area contributed by atoms with E-state index < -0.39 is 0 Å². The number of piperidine rings is 1. The molecule has 0 saturated carbocycles. The maximum absolute atomic E-state index is 3.48. The van der Waals surface area contributed by atoms with Crippen molar-refractivity contribution in [3.8, 4) is 0 Å². The summed E-state index contributed by atoms with van der Waals surface area (Å²) in [6, 6.07) is 0. The fraction of sp³-hybridized carbons (Fsp3) is 1.00. The monoisotopic (exact) mass is 253 g/mol. The Hall–Kier alpha value is -0.120. The molecule has 0 aliphatic carbocycles. The molecular formula is C15H31N3. The summed E-state index contributed by atoms with van der Waals surface area (Å²) in [6.07, 6.45) is 2.68. The van der Waals surface area contributed by atoms with Crippen LogP contribution in [0.1, 0.15) is 40.5 Å². The van der Waals surface area contributed by atoms with Gasteiger partial charge in [0.1, 0.15) is 0 Å². The number of hydrogen-bond donors (Lipinski definition) is 1. The molecule has 0 atom stereocenters. The maximum Gasteiger partial charge on any atom is 0.0126 e. The van der Waals surface area contributed by atoms with Gasteiger partial charge >= 0.3 is 0 Å². The third-order valence-electron chi connectivity index (χ3n) is 4.74. The van der Waals surface area contributed by atoms with Crippen LogP contribution >= 0.6 is 0 Å². The van der Waals surface area contributed by atoms with Crippen LogP contribution in [0, 0.1) is 5.41 Å². The van der Waals surface area contributed by atoms with Gasteiger partial charge < -0.3 is 10.2 Å². The molecule has 2 rings (SSSR count). The van der Waals surface area contributed by atoms with Crippen LogP contribution in [0.5, 0.6) is 0 Å². The van der Waals surface area contributed by atoms with Crippen LogP contribution in [-0.2, 0) is 0 Å². The van der Waals surface area contributed by atoms with Gasteiger partial charge in [0.2, 0.25) is 0 Å². The highest BCUT2D eigenvalue weighted by Crippen LogP contribution is 2.29. The Kier molecular flexibility index (Phi) is 4.35. The molecule has 0 aromatic heterocycles. The highest BCUT2D eigenvalue weighted by Gasteiger charge is 2.32. The van der Waals surface area contributed by atoms with Gasteiger partial charge in [-0.15, -0.1) is 0 Å². The molecule has 0 bridgehead atoms. The molecule has 0 aromatic rings. The summed E-state index contributed by atoms with van der Waals surface area (Å²) in [5.41, 5.74) is 0.889. The van der Waals surface area contributed by atoms with E-state index in [9.17, 15) is 0 Å². The predicted octanol–water partition coefficient (Wildman–Crippen LogP) is 1.79. The zero-order chi connectivity index (χ0) is 13.2. The lowest BCUT2D eigenvalue weighted by Gasteiger charge is -2.45. The van der Waals surface area contributed by atoms with Crippen LogP contribution in [0.15, 0.2) is 0 Å². The van der Waals surface area contributed by atoms with E-state index in [1.54, 1.807) is 0 Å². The predicted molar refractivity (Wildman–Crippen MR) is 78.0 cm³/mol. The first kappa shape index (κ1) is 14.3. The smallest absolute Gasteiger partial charge is 0.0126 e. The second-order valence-electron chi connectivity index (χ2n) is 7.49. The molecule has 3 heteroatoms. The van der Waals surface area contributed by atoms with Gasteiger partial charge in [-0.25, -0.2) is 0 Å². The fourth-order valence-corrected chi connectivity index (χ4v) is 3.31. The minimum Gasteiger partial charge on any atom is -0.317 e. The van der Waals surface area contributed by atoms with E-state index in [-0.39, 0.29) is 0 Å². The number of rotatable bonds is 2. The minimum atomic E-state index is 0.338. The zero-order valence-corrected chi connectivity index (χ0v) is 12.8. The third kappa shape index (κ3) is 3.69. The Labute approximate surface area is 113 Å². The van der Waals surface area contributed by atoms with Crippen molar-refractivity contribution in [1.82, 2.24) is 15.1 Å². The first-order chi connectivity index (χ1) is 8.39. The molecule has 106 valence electrons. The molecule has 2 saturated heterocycles. The summed E-state index contributed by atoms with van der Waals surface area (Å²) in [4.78, 5) is 5.31. The summed E-state index contributed by atoms with van der Waals surface area (Å²) in [5.74, 6) is 0. The molecule has 0 aromatic carbocycles. The normalized spacial score (nSPS) is 27.3. The summed E-state index contributed by atoms with van der Waals surface area (Å²) in [6.45, 7) is 18.1. The van der Waals surface area contributed by atoms with E-state index in [1.165, 1.54) is 58.7 Å². The summed E-state index contributed by atoms with van der Waals surface area (Å²) in [7, 11) is 0. The Morgan fingerprint density at radius 2 is 1.56 bits per heavy atom. The second-order valence-corrected chi connectivity index (χ2v) is 7.49. The van der Waals surface area contributed by atoms with Crippen molar-refractivity contribution in [1.29, 1.82) is 0 Å². The van der Waals surface area contributed by atoms with Gasteiger partial charge in [-0.3, -0.25) is 4.90 Å². The highest BCUT2D eigenvalue weighted by atomic mass is 15.3. The van der Waals surface area contributed by atoms with Crippen molar-refractivity contribution in [2.75, 3.05) is 45.8 Å². The minimum absolute atomic E-state index is 0.338. The van der Waals surface area contributed by atoms with E-state index in [0.717, 1.165) is 0 Å². The van der Waals surface area contributed by atoms with E-state index in [0.29, 0.717) is 11.0 Å². The highest BCUT2D eigenvalue weighted by molar-refractivity contribution is 4.87. The lowest BCUT2D eigenvalue weighted by Crippen LogP contribution is -2.55. The standard InChI is InChI=1S/C15H31N3/c1-14(2,3)18-11-9-17(10-12-18)13-15(4)5-7-16-8-6-15/h16H,5-13H2,1-4H3. The molecule has 0 spiro atoms. The van der Waals surface area contributed by atoms with Crippen LogP contribution < -0.4 is 5.32 Å². The third-order valence-corrected chi connectivity index (χ3v) is 4.74. The van der Waals surface area contributed by atoms with Crippen LogP contribution in [-0.4, -0.2) is 61.2 Å². The van der Waals surface area contributed by atoms with Crippen LogP contribution in [0.3, 0.4) is 0 Å². The zero-order valence-electron chi connectivity index (χ0n) is 12.8. The lowest BCUT2D eigenvalue weighted by molar-refractivity contribution is 0.0359. The summed E-state index contributed by atoms with van der Waals surface area (Å²) < 4.78 is 0. The number of piperazine rings is 1. The number of nitrogens with zero attached hydrogens (tertiary/aromatic N) is 2. The molecule has 3 nitrogen and oxygen atoms in total. The van der Waals surface area contributed by atoms with Crippen LogP contribution in [0.25, 0.3) is 0 Å². The van der Waals surface area contributed by atoms with Crippen LogP contribution in [0.2, 0.25) is 0 Å². The van der Waals surface area contributed by atoms with Gasteiger partial charge in [0.25, 0.3) is 0 Å². The molecule has 1 N–H and O–H groups in total. The molecule has 2 aliphatic rings. The molecule has 0 radical (unpaired) electrons. The maximum atomic E-state index is 3.48. The number of hydrogen-bond acceptors (Lipinski definition) is 3. The molecule has 2 fully saturated rings. The fourth-order valence-electron chi connectivity index (χ4n) is 3.31. The summed E-state index contributed by atoms with van der Waals surface area (Å²) >= 11 is 0. The van der Waals surface area contributed by atoms with Crippen molar-refractivity contribution in [2.45, 2.75) is 46.1 Å². The molecule has 0 unspecified atom stereocenters. The average molecular weight is 253 g/mol. The molecular weight excluding hydrogens is 222 g/mol. The van der Waals surface area contributed by atoms with E-state index in [1.807, 2.05) is 0 Å². The quantitative estimate of drug-likeness (QED) is 0.809. The van der Waals surface area contributed by atoms with Gasteiger partial charge in [-0.2, -0.15) is 0 Å². The molecule has 2 heterocycles. The van der Waals surface area contributed by atoms with Gasteiger partial charge in [0, 0.05) is 38.3 Å². The SMILES string of the molecule is CC1(CN2CCN(C(C)(C)C)CC2)CCNCC1. The van der Waals surface area contributed by atoms with E-state index in [4.69, 9.17) is 0 Å². The topological polar surface area (TPSA) is 18.5 Å². The van der Waals surface area contributed by atoms with Crippen molar-refractivity contribution in [3.63, 3.8) is 0 Å². The van der Waals surface area contributed by atoms with Gasteiger partial charge in [0.05, 0.1) is 0 Å². The average Bonchev–Trinajstić information content (AvgIpc) is 2.29. The van der Waals surface area contributed by atoms with E-state index in [2.05, 4.69) is 42.8 Å². The van der Waals surface area contributed by atoms with Crippen molar-refractivity contribution < 1.29 is 0 Å². The first-order valence-electron chi connectivity index (χ1n) is 7.57. The van der Waals surface area contributed by atoms with Crippen molar-refractivity contribution in [3.05, 3.63) is 0 Å². The molecule has 18 heavy (non-hydrogen) atoms. The van der Waals surface area contributed by atoms with E-state index >= 15 is 0 Å². The summed E-state index contributed by atoms with van der Waals surface area (Å²) in [5, 5.41) is 3.48.